The van der Waals surface area contributed by atoms with Gasteiger partial charge in [0.05, 0.1) is 23.0 Å². The Labute approximate surface area is 225 Å². The Morgan fingerprint density at radius 2 is 1.56 bits per heavy atom. The molecule has 5 rings (SSSR count). The molecular formula is C30H26FNO6S. The van der Waals surface area contributed by atoms with Gasteiger partial charge in [-0.15, -0.1) is 0 Å². The van der Waals surface area contributed by atoms with E-state index < -0.39 is 34.0 Å². The number of phenols is 1. The summed E-state index contributed by atoms with van der Waals surface area (Å²) in [4.78, 5) is 14.5. The quantitative estimate of drug-likeness (QED) is 0.194. The number of hydrogen-bond acceptors (Lipinski definition) is 5. The standard InChI is InChI=1S/C30H26FNO6S/c31-22-10-12-23(13-11-22)32-29(26(30(32)35)15-16-27(33)19-5-2-1-3-6-19)25-14-9-21(18-28(25)34)20-7-4-8-24(17-20)39(36,37)38/h1-14,17-18,26-27,29,33-34H,15-16H2,(H,36,37,38). The summed E-state index contributed by atoms with van der Waals surface area (Å²) in [6.45, 7) is 0. The number of nitrogens with zero attached hydrogens (tertiary/aromatic N) is 1. The Balaban J connectivity index is 1.46. The van der Waals surface area contributed by atoms with Crippen LogP contribution in [0.25, 0.3) is 11.1 Å². The number of benzene rings is 4. The second-order valence-corrected chi connectivity index (χ2v) is 10.9. The highest BCUT2D eigenvalue weighted by Gasteiger charge is 2.49. The fourth-order valence-corrected chi connectivity index (χ4v) is 5.59. The van der Waals surface area contributed by atoms with E-state index in [4.69, 9.17) is 0 Å². The van der Waals surface area contributed by atoms with Crippen molar-refractivity contribution in [2.75, 3.05) is 4.90 Å². The predicted molar refractivity (Wildman–Crippen MR) is 144 cm³/mol. The summed E-state index contributed by atoms with van der Waals surface area (Å²) in [5, 5.41) is 21.7. The first kappa shape index (κ1) is 26.6. The highest BCUT2D eigenvalue weighted by molar-refractivity contribution is 7.85. The van der Waals surface area contributed by atoms with Gasteiger partial charge in [-0.05, 0) is 72.0 Å². The van der Waals surface area contributed by atoms with Crippen molar-refractivity contribution in [2.45, 2.75) is 29.9 Å². The van der Waals surface area contributed by atoms with Crippen LogP contribution in [0.15, 0.2) is 102 Å². The average Bonchev–Trinajstić information content (AvgIpc) is 2.93. The molecule has 0 bridgehead atoms. The molecule has 1 fully saturated rings. The molecular weight excluding hydrogens is 521 g/mol. The Bertz CT molecular complexity index is 1610. The maximum atomic E-state index is 13.6. The van der Waals surface area contributed by atoms with Crippen molar-refractivity contribution in [3.05, 3.63) is 114 Å². The topological polar surface area (TPSA) is 115 Å². The SMILES string of the molecule is O=C1C(CCC(O)c2ccccc2)C(c2ccc(-c3cccc(S(=O)(=O)O)c3)cc2O)N1c1ccc(F)cc1. The number of amides is 1. The van der Waals surface area contributed by atoms with E-state index in [0.29, 0.717) is 35.2 Å². The Kier molecular flexibility index (Phi) is 7.22. The van der Waals surface area contributed by atoms with E-state index in [9.17, 15) is 32.4 Å². The summed E-state index contributed by atoms with van der Waals surface area (Å²) in [7, 11) is -4.40. The van der Waals surface area contributed by atoms with Crippen molar-refractivity contribution in [2.24, 2.45) is 5.92 Å². The van der Waals surface area contributed by atoms with Crippen LogP contribution in [0.5, 0.6) is 5.75 Å². The van der Waals surface area contributed by atoms with E-state index in [-0.39, 0.29) is 16.6 Å². The molecule has 4 aromatic rings. The van der Waals surface area contributed by atoms with Gasteiger partial charge in [-0.1, -0.05) is 54.6 Å². The molecule has 0 spiro atoms. The van der Waals surface area contributed by atoms with Gasteiger partial charge in [0.15, 0.2) is 0 Å². The van der Waals surface area contributed by atoms with Gasteiger partial charge >= 0.3 is 0 Å². The molecule has 1 aliphatic heterocycles. The van der Waals surface area contributed by atoms with Crippen molar-refractivity contribution in [1.29, 1.82) is 0 Å². The molecule has 200 valence electrons. The summed E-state index contributed by atoms with van der Waals surface area (Å²) in [5.41, 5.74) is 2.67. The van der Waals surface area contributed by atoms with Gasteiger partial charge in [0.1, 0.15) is 11.6 Å². The van der Waals surface area contributed by atoms with E-state index in [0.717, 1.165) is 5.56 Å². The number of aliphatic hydroxyl groups is 1. The molecule has 1 amide bonds. The molecule has 1 saturated heterocycles. The van der Waals surface area contributed by atoms with Crippen LogP contribution < -0.4 is 4.90 Å². The fraction of sp³-hybridized carbons (Fsp3) is 0.167. The number of aromatic hydroxyl groups is 1. The van der Waals surface area contributed by atoms with Crippen LogP contribution in [0.2, 0.25) is 0 Å². The first-order chi connectivity index (χ1) is 18.6. The lowest BCUT2D eigenvalue weighted by molar-refractivity contribution is -0.131. The van der Waals surface area contributed by atoms with E-state index in [1.807, 2.05) is 30.3 Å². The second-order valence-electron chi connectivity index (χ2n) is 9.52. The summed E-state index contributed by atoms with van der Waals surface area (Å²) in [5.74, 6) is -1.28. The minimum absolute atomic E-state index is 0.108. The third-order valence-electron chi connectivity index (χ3n) is 7.07. The number of phenolic OH excluding ortho intramolecular Hbond substituents is 1. The molecule has 0 aromatic heterocycles. The van der Waals surface area contributed by atoms with Gasteiger partial charge in [-0.2, -0.15) is 8.42 Å². The zero-order valence-electron chi connectivity index (χ0n) is 20.7. The molecule has 4 aromatic carbocycles. The van der Waals surface area contributed by atoms with E-state index >= 15 is 0 Å². The van der Waals surface area contributed by atoms with Crippen molar-refractivity contribution in [3.8, 4) is 16.9 Å². The van der Waals surface area contributed by atoms with Crippen LogP contribution in [0.4, 0.5) is 10.1 Å². The van der Waals surface area contributed by atoms with Crippen LogP contribution >= 0.6 is 0 Å². The summed E-state index contributed by atoms with van der Waals surface area (Å²) in [6, 6.07) is 24.6. The number of halogens is 1. The molecule has 3 N–H and O–H groups in total. The summed E-state index contributed by atoms with van der Waals surface area (Å²) < 4.78 is 46.1. The van der Waals surface area contributed by atoms with Gasteiger partial charge in [0.25, 0.3) is 10.1 Å². The van der Waals surface area contributed by atoms with Crippen molar-refractivity contribution in [3.63, 3.8) is 0 Å². The van der Waals surface area contributed by atoms with Crippen LogP contribution in [0.3, 0.4) is 0 Å². The number of rotatable bonds is 8. The van der Waals surface area contributed by atoms with Gasteiger partial charge < -0.3 is 15.1 Å². The summed E-state index contributed by atoms with van der Waals surface area (Å²) in [6.07, 6.45) is -0.0739. The number of aliphatic hydroxyl groups excluding tert-OH is 1. The normalized spacial score (nSPS) is 18.0. The molecule has 3 atom stereocenters. The van der Waals surface area contributed by atoms with Crippen molar-refractivity contribution in [1.82, 2.24) is 0 Å². The van der Waals surface area contributed by atoms with E-state index in [2.05, 4.69) is 0 Å². The molecule has 39 heavy (non-hydrogen) atoms. The molecule has 0 radical (unpaired) electrons. The maximum absolute atomic E-state index is 13.6. The second kappa shape index (κ2) is 10.6. The number of β-lactam (4-membered cyclic amide) rings is 1. The minimum Gasteiger partial charge on any atom is -0.508 e. The zero-order chi connectivity index (χ0) is 27.7. The lowest BCUT2D eigenvalue weighted by Gasteiger charge is -2.48. The van der Waals surface area contributed by atoms with Crippen LogP contribution in [0.1, 0.15) is 36.1 Å². The fourth-order valence-electron chi connectivity index (χ4n) is 5.06. The highest BCUT2D eigenvalue weighted by atomic mass is 32.2. The van der Waals surface area contributed by atoms with E-state index in [1.165, 1.54) is 53.4 Å². The number of carbonyl (C=O) groups is 1. The maximum Gasteiger partial charge on any atom is 0.294 e. The smallest absolute Gasteiger partial charge is 0.294 e. The predicted octanol–water partition coefficient (Wildman–Crippen LogP) is 5.66. The highest BCUT2D eigenvalue weighted by Crippen LogP contribution is 2.49. The average molecular weight is 548 g/mol. The van der Waals surface area contributed by atoms with Crippen LogP contribution in [0, 0.1) is 11.7 Å². The largest absolute Gasteiger partial charge is 0.508 e. The molecule has 7 nitrogen and oxygen atoms in total. The first-order valence-electron chi connectivity index (χ1n) is 12.4. The monoisotopic (exact) mass is 547 g/mol. The third kappa shape index (κ3) is 5.42. The Morgan fingerprint density at radius 3 is 2.23 bits per heavy atom. The van der Waals surface area contributed by atoms with Gasteiger partial charge in [-0.25, -0.2) is 4.39 Å². The lowest BCUT2D eigenvalue weighted by Crippen LogP contribution is -2.55. The van der Waals surface area contributed by atoms with Crippen LogP contribution in [-0.2, 0) is 14.9 Å². The lowest BCUT2D eigenvalue weighted by atomic mass is 9.77. The third-order valence-corrected chi connectivity index (χ3v) is 7.92. The van der Waals surface area contributed by atoms with E-state index in [1.54, 1.807) is 18.2 Å². The zero-order valence-corrected chi connectivity index (χ0v) is 21.5. The molecule has 0 aliphatic carbocycles. The number of hydrogen-bond donors (Lipinski definition) is 3. The molecule has 1 heterocycles. The molecule has 1 aliphatic rings. The van der Waals surface area contributed by atoms with Crippen molar-refractivity contribution >= 4 is 21.7 Å². The molecule has 0 saturated carbocycles. The molecule has 9 heteroatoms. The molecule has 3 unspecified atom stereocenters. The van der Waals surface area contributed by atoms with Crippen molar-refractivity contribution < 1.29 is 32.4 Å². The summed E-state index contributed by atoms with van der Waals surface area (Å²) >= 11 is 0. The minimum atomic E-state index is -4.40. The van der Waals surface area contributed by atoms with Gasteiger partial charge in [0.2, 0.25) is 5.91 Å². The van der Waals surface area contributed by atoms with Crippen LogP contribution in [-0.4, -0.2) is 29.1 Å². The number of carbonyl (C=O) groups excluding carboxylic acids is 1. The Morgan fingerprint density at radius 1 is 0.872 bits per heavy atom. The first-order valence-corrected chi connectivity index (χ1v) is 13.8. The number of anilines is 1. The van der Waals surface area contributed by atoms with Gasteiger partial charge in [0, 0.05) is 11.3 Å². The Hall–Kier alpha value is -4.05. The van der Waals surface area contributed by atoms with Gasteiger partial charge in [-0.3, -0.25) is 9.35 Å².